The fourth-order valence-electron chi connectivity index (χ4n) is 0. The maximum absolute atomic E-state index is 8.43. The minimum Gasteiger partial charge on any atom is -0.724 e. The fourth-order valence-corrected chi connectivity index (χ4v) is 0. The molecule has 0 heterocycles. The van der Waals surface area contributed by atoms with Gasteiger partial charge < -0.3 is 20.3 Å². The van der Waals surface area contributed by atoms with Crippen molar-refractivity contribution in [1.29, 1.82) is 0 Å². The van der Waals surface area contributed by atoms with Crippen molar-refractivity contribution in [2.24, 2.45) is 0 Å². The summed E-state index contributed by atoms with van der Waals surface area (Å²) in [5.74, 6) is 0. The van der Waals surface area contributed by atoms with Gasteiger partial charge in [0.1, 0.15) is 0 Å². The van der Waals surface area contributed by atoms with Gasteiger partial charge in [0.25, 0.3) is 0 Å². The van der Waals surface area contributed by atoms with E-state index in [4.69, 9.17) is 10.5 Å². The third-order valence-corrected chi connectivity index (χ3v) is 0. The summed E-state index contributed by atoms with van der Waals surface area (Å²) in [5, 5.41) is 16.9. The second kappa shape index (κ2) is 32.8. The van der Waals surface area contributed by atoms with Gasteiger partial charge in [0.15, 0.2) is 0 Å². The van der Waals surface area contributed by atoms with E-state index in [-0.39, 0.29) is 17.1 Å². The third kappa shape index (κ3) is 935. The molecule has 0 unspecified atom stereocenters. The molecule has 0 N–H and O–H groups in total. The minimum absolute atomic E-state index is 0. The minimum atomic E-state index is 0. The molecule has 0 aliphatic heterocycles. The number of hydrogen-bond acceptors (Lipinski definition) is 4. The Balaban J connectivity index is -0.0000000400. The van der Waals surface area contributed by atoms with Crippen molar-refractivity contribution in [3.63, 3.8) is 0 Å². The molecule has 0 spiro atoms. The van der Waals surface area contributed by atoms with Crippen LogP contribution in [-0.4, -0.2) is 14.2 Å². The van der Waals surface area contributed by atoms with Gasteiger partial charge >= 0.3 is 17.1 Å². The molecule has 0 aliphatic rings. The van der Waals surface area contributed by atoms with Gasteiger partial charge in [0.2, 0.25) is 0 Å². The standard InChI is InChI=1S/2CH4O2.Cu/c2*1-3-2;/h2*2H,1H3;/q;;+2/p-2. The first-order valence-corrected chi connectivity index (χ1v) is 1.15. The van der Waals surface area contributed by atoms with E-state index in [9.17, 15) is 0 Å². The largest absolute Gasteiger partial charge is 2.00 e. The van der Waals surface area contributed by atoms with Crippen molar-refractivity contribution in [3.05, 3.63) is 0 Å². The van der Waals surface area contributed by atoms with E-state index in [1.54, 1.807) is 0 Å². The van der Waals surface area contributed by atoms with E-state index in [1.165, 1.54) is 0 Å². The summed E-state index contributed by atoms with van der Waals surface area (Å²) >= 11 is 0. The van der Waals surface area contributed by atoms with Crippen LogP contribution in [0.4, 0.5) is 0 Å². The van der Waals surface area contributed by atoms with Crippen LogP contribution in [0.2, 0.25) is 0 Å². The van der Waals surface area contributed by atoms with Crippen molar-refractivity contribution in [2.45, 2.75) is 0 Å². The topological polar surface area (TPSA) is 64.6 Å². The van der Waals surface area contributed by atoms with Gasteiger partial charge in [-0.25, -0.2) is 0 Å². The van der Waals surface area contributed by atoms with E-state index in [1.807, 2.05) is 0 Å². The van der Waals surface area contributed by atoms with Crippen LogP contribution in [0.5, 0.6) is 0 Å². The van der Waals surface area contributed by atoms with Crippen LogP contribution in [0.1, 0.15) is 0 Å². The van der Waals surface area contributed by atoms with Crippen LogP contribution >= 0.6 is 0 Å². The summed E-state index contributed by atoms with van der Waals surface area (Å²) in [6.45, 7) is 0. The molecule has 4 nitrogen and oxygen atoms in total. The van der Waals surface area contributed by atoms with Crippen LogP contribution in [0.25, 0.3) is 0 Å². The van der Waals surface area contributed by atoms with Gasteiger partial charge in [-0.1, -0.05) is 0 Å². The maximum atomic E-state index is 8.43. The normalized spacial score (nSPS) is 5.14. The molecule has 0 aromatic carbocycles. The Kier molecular flexibility index (Phi) is 73.4. The molecule has 0 saturated heterocycles. The summed E-state index contributed by atoms with van der Waals surface area (Å²) in [5.41, 5.74) is 0. The van der Waals surface area contributed by atoms with Crippen LogP contribution < -0.4 is 10.5 Å². The summed E-state index contributed by atoms with van der Waals surface area (Å²) in [7, 11) is 2.14. The van der Waals surface area contributed by atoms with Crippen LogP contribution in [0, 0.1) is 0 Å². The molecule has 0 rings (SSSR count). The molecule has 0 atom stereocenters. The van der Waals surface area contributed by atoms with Gasteiger partial charge in [0, 0.05) is 14.2 Å². The summed E-state index contributed by atoms with van der Waals surface area (Å²) in [4.78, 5) is 6.00. The van der Waals surface area contributed by atoms with Crippen molar-refractivity contribution >= 4 is 0 Å². The molecule has 0 fully saturated rings. The molecule has 49 valence electrons. The Morgan fingerprint density at radius 3 is 1.00 bits per heavy atom. The zero-order chi connectivity index (χ0) is 5.41. The molecule has 7 heavy (non-hydrogen) atoms. The van der Waals surface area contributed by atoms with Crippen LogP contribution in [-0.2, 0) is 26.8 Å². The van der Waals surface area contributed by atoms with Crippen molar-refractivity contribution in [2.75, 3.05) is 14.2 Å². The Labute approximate surface area is 52.4 Å². The summed E-state index contributed by atoms with van der Waals surface area (Å²) < 4.78 is 0. The van der Waals surface area contributed by atoms with Crippen LogP contribution in [0.15, 0.2) is 0 Å². The zero-order valence-corrected chi connectivity index (χ0v) is 4.88. The van der Waals surface area contributed by atoms with E-state index >= 15 is 0 Å². The number of rotatable bonds is 0. The van der Waals surface area contributed by atoms with Crippen LogP contribution in [0.3, 0.4) is 0 Å². The SMILES string of the molecule is CO[O-].CO[O-].[Cu+2]. The predicted molar refractivity (Wildman–Crippen MR) is 14.0 cm³/mol. The van der Waals surface area contributed by atoms with Gasteiger partial charge in [-0.15, -0.1) is 0 Å². The molecule has 0 saturated carbocycles. The molecule has 0 aromatic rings. The molecule has 0 aliphatic carbocycles. The second-order valence-corrected chi connectivity index (χ2v) is 0.333. The van der Waals surface area contributed by atoms with Crippen molar-refractivity contribution < 1.29 is 37.4 Å². The van der Waals surface area contributed by atoms with Gasteiger partial charge in [-0.05, 0) is 0 Å². The first-order chi connectivity index (χ1) is 2.83. The average molecular weight is 158 g/mol. The Hall–Kier alpha value is 0.359. The average Bonchev–Trinajstić information content (AvgIpc) is 1.39. The third-order valence-electron chi connectivity index (χ3n) is 0. The summed E-state index contributed by atoms with van der Waals surface area (Å²) in [6, 6.07) is 0. The molecule has 5 heteroatoms. The monoisotopic (exact) mass is 157 g/mol. The molecular weight excluding hydrogens is 152 g/mol. The Morgan fingerprint density at radius 2 is 1.00 bits per heavy atom. The van der Waals surface area contributed by atoms with Gasteiger partial charge in [-0.3, -0.25) is 0 Å². The molecular formula is C2H6CuO4. The van der Waals surface area contributed by atoms with E-state index in [0.717, 1.165) is 14.2 Å². The Bertz CT molecular complexity index is 11.7. The predicted octanol–water partition coefficient (Wildman–Crippen LogP) is -2.19. The second-order valence-electron chi connectivity index (χ2n) is 0.333. The molecule has 1 radical (unpaired) electrons. The summed E-state index contributed by atoms with van der Waals surface area (Å²) in [6.07, 6.45) is 0. The fraction of sp³-hybridized carbons (Fsp3) is 1.00. The quantitative estimate of drug-likeness (QED) is 0.228. The van der Waals surface area contributed by atoms with Crippen molar-refractivity contribution in [3.8, 4) is 0 Å². The molecule has 0 amide bonds. The smallest absolute Gasteiger partial charge is 0.724 e. The molecule has 0 bridgehead atoms. The van der Waals surface area contributed by atoms with E-state index in [2.05, 4.69) is 9.78 Å². The first kappa shape index (κ1) is 15.7. The van der Waals surface area contributed by atoms with Gasteiger partial charge in [-0.2, -0.15) is 0 Å². The van der Waals surface area contributed by atoms with E-state index in [0.29, 0.717) is 0 Å². The zero-order valence-electron chi connectivity index (χ0n) is 3.93. The Morgan fingerprint density at radius 1 is 1.00 bits per heavy atom. The van der Waals surface area contributed by atoms with Gasteiger partial charge in [0.05, 0.1) is 0 Å². The van der Waals surface area contributed by atoms with Crippen molar-refractivity contribution in [1.82, 2.24) is 0 Å². The van der Waals surface area contributed by atoms with E-state index < -0.39 is 0 Å². The first-order valence-electron chi connectivity index (χ1n) is 1.15. The number of hydrogen-bond donors (Lipinski definition) is 0. The maximum Gasteiger partial charge on any atom is 2.00 e. The molecule has 0 aromatic heterocycles.